The van der Waals surface area contributed by atoms with E-state index in [2.05, 4.69) is 5.32 Å². The smallest absolute Gasteiger partial charge is 0.330 e. The lowest BCUT2D eigenvalue weighted by Crippen LogP contribution is -2.40. The van der Waals surface area contributed by atoms with E-state index >= 15 is 0 Å². The largest absolute Gasteiger partial charge is 0.416 e. The Morgan fingerprint density at radius 2 is 1.85 bits per heavy atom. The molecular weight excluding hydrogens is 269 g/mol. The molecule has 0 heterocycles. The molecule has 2 rings (SSSR count). The number of carbonyl (C=O) groups excluding carboxylic acids is 1. The summed E-state index contributed by atoms with van der Waals surface area (Å²) in [5.41, 5.74) is 5.20. The van der Waals surface area contributed by atoms with Gasteiger partial charge in [-0.05, 0) is 49.1 Å². The minimum atomic E-state index is -4.36. The minimum Gasteiger partial charge on any atom is -0.330 e. The molecule has 1 aliphatic rings. The molecule has 20 heavy (non-hydrogen) atoms. The first-order chi connectivity index (χ1) is 9.35. The normalized spacial score (nSPS) is 17.4. The van der Waals surface area contributed by atoms with Gasteiger partial charge < -0.3 is 11.1 Å². The molecule has 0 saturated heterocycles. The molecule has 1 aromatic rings. The number of rotatable bonds is 4. The SMILES string of the molecule is NCC1(CC(=O)Nc2ccc(C(F)(F)F)cc2)CCC1. The van der Waals surface area contributed by atoms with Crippen LogP contribution in [-0.4, -0.2) is 12.5 Å². The Morgan fingerprint density at radius 3 is 2.25 bits per heavy atom. The number of carbonyl (C=O) groups is 1. The van der Waals surface area contributed by atoms with Crippen molar-refractivity contribution in [3.63, 3.8) is 0 Å². The number of nitrogens with one attached hydrogen (secondary N) is 1. The van der Waals surface area contributed by atoms with Gasteiger partial charge in [0.2, 0.25) is 5.91 Å². The van der Waals surface area contributed by atoms with Crippen LogP contribution < -0.4 is 11.1 Å². The third-order valence-electron chi connectivity index (χ3n) is 3.88. The Hall–Kier alpha value is -1.56. The molecule has 1 saturated carbocycles. The fourth-order valence-electron chi connectivity index (χ4n) is 2.42. The van der Waals surface area contributed by atoms with Crippen molar-refractivity contribution in [3.8, 4) is 0 Å². The molecule has 3 nitrogen and oxygen atoms in total. The number of hydrogen-bond acceptors (Lipinski definition) is 2. The van der Waals surface area contributed by atoms with Crippen molar-refractivity contribution < 1.29 is 18.0 Å². The third-order valence-corrected chi connectivity index (χ3v) is 3.88. The van der Waals surface area contributed by atoms with Crippen molar-refractivity contribution >= 4 is 11.6 Å². The minimum absolute atomic E-state index is 0.115. The van der Waals surface area contributed by atoms with E-state index in [0.29, 0.717) is 18.7 Å². The number of amides is 1. The third kappa shape index (κ3) is 3.30. The first kappa shape index (κ1) is 14.8. The summed E-state index contributed by atoms with van der Waals surface area (Å²) < 4.78 is 37.2. The average Bonchev–Trinajstić information content (AvgIpc) is 2.33. The molecule has 0 aromatic heterocycles. The van der Waals surface area contributed by atoms with Gasteiger partial charge in [-0.15, -0.1) is 0 Å². The van der Waals surface area contributed by atoms with E-state index in [1.54, 1.807) is 0 Å². The van der Waals surface area contributed by atoms with Crippen LogP contribution in [0, 0.1) is 5.41 Å². The van der Waals surface area contributed by atoms with Crippen LogP contribution in [0.2, 0.25) is 0 Å². The molecule has 110 valence electrons. The van der Waals surface area contributed by atoms with Crippen LogP contribution in [0.15, 0.2) is 24.3 Å². The zero-order chi connectivity index (χ0) is 14.8. The molecule has 1 fully saturated rings. The van der Waals surface area contributed by atoms with Gasteiger partial charge in [0.15, 0.2) is 0 Å². The van der Waals surface area contributed by atoms with E-state index in [4.69, 9.17) is 5.73 Å². The van der Waals surface area contributed by atoms with Crippen LogP contribution in [0.3, 0.4) is 0 Å². The fourth-order valence-corrected chi connectivity index (χ4v) is 2.42. The molecule has 0 atom stereocenters. The van der Waals surface area contributed by atoms with Crippen molar-refractivity contribution in [3.05, 3.63) is 29.8 Å². The molecule has 0 spiro atoms. The topological polar surface area (TPSA) is 55.1 Å². The number of anilines is 1. The molecule has 0 aliphatic heterocycles. The molecule has 1 aromatic carbocycles. The van der Waals surface area contributed by atoms with Gasteiger partial charge in [0, 0.05) is 12.1 Å². The summed E-state index contributed by atoms with van der Waals surface area (Å²) in [4.78, 5) is 11.9. The fraction of sp³-hybridized carbons (Fsp3) is 0.500. The second-order valence-corrected chi connectivity index (χ2v) is 5.36. The van der Waals surface area contributed by atoms with Crippen LogP contribution >= 0.6 is 0 Å². The van der Waals surface area contributed by atoms with Crippen molar-refractivity contribution in [1.82, 2.24) is 0 Å². The molecule has 0 unspecified atom stereocenters. The Labute approximate surface area is 115 Å². The predicted molar refractivity (Wildman–Crippen MR) is 70.0 cm³/mol. The van der Waals surface area contributed by atoms with Crippen molar-refractivity contribution in [2.75, 3.05) is 11.9 Å². The second-order valence-electron chi connectivity index (χ2n) is 5.36. The summed E-state index contributed by atoms with van der Waals surface area (Å²) in [6.45, 7) is 0.466. The Balaban J connectivity index is 1.95. The Bertz CT molecular complexity index is 473. The maximum atomic E-state index is 12.4. The number of benzene rings is 1. The number of hydrogen-bond donors (Lipinski definition) is 2. The van der Waals surface area contributed by atoms with E-state index in [-0.39, 0.29) is 11.3 Å². The van der Waals surface area contributed by atoms with E-state index < -0.39 is 11.7 Å². The molecule has 1 amide bonds. The van der Waals surface area contributed by atoms with Gasteiger partial charge >= 0.3 is 6.18 Å². The van der Waals surface area contributed by atoms with Gasteiger partial charge in [-0.2, -0.15) is 13.2 Å². The quantitative estimate of drug-likeness (QED) is 0.893. The van der Waals surface area contributed by atoms with Gasteiger partial charge in [-0.3, -0.25) is 4.79 Å². The number of halogens is 3. The maximum absolute atomic E-state index is 12.4. The molecule has 1 aliphatic carbocycles. The highest BCUT2D eigenvalue weighted by Gasteiger charge is 2.37. The van der Waals surface area contributed by atoms with Crippen LogP contribution in [-0.2, 0) is 11.0 Å². The van der Waals surface area contributed by atoms with Crippen LogP contribution in [0.25, 0.3) is 0 Å². The molecule has 6 heteroatoms. The maximum Gasteiger partial charge on any atom is 0.416 e. The summed E-state index contributed by atoms with van der Waals surface area (Å²) in [5.74, 6) is -0.199. The lowest BCUT2D eigenvalue weighted by atomic mass is 9.66. The van der Waals surface area contributed by atoms with Crippen LogP contribution in [0.5, 0.6) is 0 Å². The van der Waals surface area contributed by atoms with Gasteiger partial charge in [0.1, 0.15) is 0 Å². The first-order valence-electron chi connectivity index (χ1n) is 6.52. The van der Waals surface area contributed by atoms with Crippen molar-refractivity contribution in [1.29, 1.82) is 0 Å². The highest BCUT2D eigenvalue weighted by Crippen LogP contribution is 2.43. The zero-order valence-electron chi connectivity index (χ0n) is 11.0. The summed E-state index contributed by atoms with van der Waals surface area (Å²) in [6, 6.07) is 4.43. The lowest BCUT2D eigenvalue weighted by molar-refractivity contribution is -0.137. The number of alkyl halides is 3. The summed E-state index contributed by atoms with van der Waals surface area (Å²) in [6.07, 6.45) is -1.10. The summed E-state index contributed by atoms with van der Waals surface area (Å²) >= 11 is 0. The van der Waals surface area contributed by atoms with Crippen LogP contribution in [0.1, 0.15) is 31.2 Å². The molecule has 0 bridgehead atoms. The van der Waals surface area contributed by atoms with Crippen molar-refractivity contribution in [2.45, 2.75) is 31.9 Å². The highest BCUT2D eigenvalue weighted by atomic mass is 19.4. The standard InChI is InChI=1S/C14H17F3N2O/c15-14(16,17)10-2-4-11(5-3-10)19-12(20)8-13(9-18)6-1-7-13/h2-5H,1,6-9,18H2,(H,19,20). The van der Waals surface area contributed by atoms with E-state index in [1.165, 1.54) is 12.1 Å². The van der Waals surface area contributed by atoms with E-state index in [1.807, 2.05) is 0 Å². The van der Waals surface area contributed by atoms with Crippen LogP contribution in [0.4, 0.5) is 18.9 Å². The lowest BCUT2D eigenvalue weighted by Gasteiger charge is -2.40. The van der Waals surface area contributed by atoms with Crippen molar-refractivity contribution in [2.24, 2.45) is 11.1 Å². The van der Waals surface area contributed by atoms with Gasteiger partial charge in [-0.25, -0.2) is 0 Å². The molecule has 0 radical (unpaired) electrons. The zero-order valence-corrected chi connectivity index (χ0v) is 11.0. The number of nitrogens with two attached hydrogens (primary N) is 1. The summed E-state index contributed by atoms with van der Waals surface area (Å²) in [7, 11) is 0. The van der Waals surface area contributed by atoms with E-state index in [0.717, 1.165) is 31.4 Å². The monoisotopic (exact) mass is 286 g/mol. The Kier molecular flexibility index (Phi) is 4.04. The Morgan fingerprint density at radius 1 is 1.25 bits per heavy atom. The van der Waals surface area contributed by atoms with Gasteiger partial charge in [0.25, 0.3) is 0 Å². The van der Waals surface area contributed by atoms with Gasteiger partial charge in [0.05, 0.1) is 5.56 Å². The predicted octanol–water partition coefficient (Wildman–Crippen LogP) is 3.16. The van der Waals surface area contributed by atoms with E-state index in [9.17, 15) is 18.0 Å². The first-order valence-corrected chi connectivity index (χ1v) is 6.52. The molecule has 3 N–H and O–H groups in total. The summed E-state index contributed by atoms with van der Waals surface area (Å²) in [5, 5.41) is 2.62. The highest BCUT2D eigenvalue weighted by molar-refractivity contribution is 5.91. The second kappa shape index (κ2) is 5.44. The van der Waals surface area contributed by atoms with Gasteiger partial charge in [-0.1, -0.05) is 6.42 Å². The average molecular weight is 286 g/mol. The molecular formula is C14H17F3N2O.